The average molecular weight is 289 g/mol. The largest absolute Gasteiger partial charge is 0.347 e. The van der Waals surface area contributed by atoms with Gasteiger partial charge < -0.3 is 10.7 Å². The fraction of sp³-hybridized carbons (Fsp3) is 0.455. The molecule has 7 heteroatoms. The van der Waals surface area contributed by atoms with E-state index in [0.717, 1.165) is 11.5 Å². The number of nitrogens with one attached hydrogen (secondary N) is 2. The molecule has 0 aliphatic rings. The van der Waals surface area contributed by atoms with Gasteiger partial charge in [0.1, 0.15) is 11.5 Å². The lowest BCUT2D eigenvalue weighted by molar-refractivity contribution is 0.0939. The Hall–Kier alpha value is -0.980. The lowest BCUT2D eigenvalue weighted by Gasteiger charge is -2.13. The molecule has 4 N–H and O–H groups in total. The van der Waals surface area contributed by atoms with Crippen LogP contribution in [0.4, 0.5) is 5.82 Å². The zero-order valence-electron chi connectivity index (χ0n) is 10.4. The van der Waals surface area contributed by atoms with Gasteiger partial charge in [-0.3, -0.25) is 4.79 Å². The Balaban J connectivity index is 2.71. The van der Waals surface area contributed by atoms with Gasteiger partial charge in [-0.05, 0) is 24.8 Å². The van der Waals surface area contributed by atoms with E-state index in [4.69, 9.17) is 17.4 Å². The minimum atomic E-state index is -0.290. The van der Waals surface area contributed by atoms with E-state index in [1.807, 2.05) is 6.92 Å². The Kier molecular flexibility index (Phi) is 6.24. The van der Waals surface area contributed by atoms with Gasteiger partial charge >= 0.3 is 0 Å². The summed E-state index contributed by atoms with van der Waals surface area (Å²) in [6.07, 6.45) is 0. The molecule has 1 rings (SSSR count). The van der Waals surface area contributed by atoms with Gasteiger partial charge in [0.15, 0.2) is 0 Å². The third kappa shape index (κ3) is 4.36. The molecule has 1 aromatic rings. The van der Waals surface area contributed by atoms with Gasteiger partial charge in [-0.15, -0.1) is 0 Å². The molecular weight excluding hydrogens is 272 g/mol. The Morgan fingerprint density at radius 1 is 1.61 bits per heavy atom. The highest BCUT2D eigenvalue weighted by atomic mass is 35.5. The maximum atomic E-state index is 12.0. The number of amides is 1. The van der Waals surface area contributed by atoms with Gasteiger partial charge in [0.2, 0.25) is 0 Å². The van der Waals surface area contributed by atoms with Gasteiger partial charge in [-0.2, -0.15) is 11.8 Å². The highest BCUT2D eigenvalue weighted by Gasteiger charge is 2.15. The monoisotopic (exact) mass is 288 g/mol. The van der Waals surface area contributed by atoms with Crippen LogP contribution in [-0.2, 0) is 0 Å². The number of anilines is 1. The van der Waals surface area contributed by atoms with Crippen LogP contribution in [0.15, 0.2) is 12.1 Å². The number of carbonyl (C=O) groups is 1. The molecule has 100 valence electrons. The minimum absolute atomic E-state index is 0.0646. The molecule has 0 spiro atoms. The molecule has 0 bridgehead atoms. The Labute approximate surface area is 116 Å². The van der Waals surface area contributed by atoms with Gasteiger partial charge in [0.05, 0.1) is 5.02 Å². The van der Waals surface area contributed by atoms with E-state index in [1.165, 1.54) is 0 Å². The second-order valence-corrected chi connectivity index (χ2v) is 5.43. The minimum Gasteiger partial charge on any atom is -0.347 e. The smallest absolute Gasteiger partial charge is 0.271 e. The molecule has 0 aromatic carbocycles. The molecule has 1 unspecified atom stereocenters. The zero-order chi connectivity index (χ0) is 13.5. The van der Waals surface area contributed by atoms with Crippen molar-refractivity contribution in [1.82, 2.24) is 10.3 Å². The molecule has 1 amide bonds. The molecule has 18 heavy (non-hydrogen) atoms. The van der Waals surface area contributed by atoms with Crippen molar-refractivity contribution in [1.29, 1.82) is 0 Å². The highest BCUT2D eigenvalue weighted by Crippen LogP contribution is 2.16. The molecule has 0 saturated heterocycles. The second kappa shape index (κ2) is 7.45. The van der Waals surface area contributed by atoms with E-state index < -0.39 is 0 Å². The Morgan fingerprint density at radius 2 is 2.33 bits per heavy atom. The maximum absolute atomic E-state index is 12.0. The van der Waals surface area contributed by atoms with Crippen molar-refractivity contribution in [2.24, 2.45) is 5.84 Å². The number of nitrogens with two attached hydrogens (primary N) is 1. The number of thioether (sulfide) groups is 1. The van der Waals surface area contributed by atoms with E-state index in [2.05, 4.69) is 22.7 Å². The zero-order valence-corrected chi connectivity index (χ0v) is 11.9. The summed E-state index contributed by atoms with van der Waals surface area (Å²) in [6, 6.07) is 3.26. The summed E-state index contributed by atoms with van der Waals surface area (Å²) >= 11 is 7.70. The van der Waals surface area contributed by atoms with E-state index >= 15 is 0 Å². The Morgan fingerprint density at radius 3 is 2.94 bits per heavy atom. The number of carbonyl (C=O) groups excluding carboxylic acids is 1. The SMILES string of the molecule is CCSCC(C)NC(=O)c1nc(NN)ccc1Cl. The number of hydrogen-bond donors (Lipinski definition) is 3. The predicted molar refractivity (Wildman–Crippen MR) is 77.0 cm³/mol. The third-order valence-corrected chi connectivity index (χ3v) is 3.61. The van der Waals surface area contributed by atoms with E-state index in [-0.39, 0.29) is 17.6 Å². The number of nitrogens with zero attached hydrogens (tertiary/aromatic N) is 1. The normalized spacial score (nSPS) is 12.0. The standard InChI is InChI=1S/C11H17ClN4OS/c1-3-18-6-7(2)14-11(17)10-8(12)4-5-9(15-10)16-13/h4-5,7H,3,6,13H2,1-2H3,(H,14,17)(H,15,16). The summed E-state index contributed by atoms with van der Waals surface area (Å²) in [5, 5.41) is 3.16. The summed E-state index contributed by atoms with van der Waals surface area (Å²) in [6.45, 7) is 4.02. The molecule has 5 nitrogen and oxygen atoms in total. The van der Waals surface area contributed by atoms with Gasteiger partial charge in [0, 0.05) is 11.8 Å². The molecule has 0 fully saturated rings. The van der Waals surface area contributed by atoms with Crippen LogP contribution in [0.25, 0.3) is 0 Å². The molecule has 1 heterocycles. The van der Waals surface area contributed by atoms with Crippen molar-refractivity contribution in [2.75, 3.05) is 16.9 Å². The molecule has 0 aliphatic heterocycles. The first kappa shape index (κ1) is 15.1. The lowest BCUT2D eigenvalue weighted by atomic mass is 10.3. The van der Waals surface area contributed by atoms with Crippen molar-refractivity contribution in [3.63, 3.8) is 0 Å². The highest BCUT2D eigenvalue weighted by molar-refractivity contribution is 7.99. The summed E-state index contributed by atoms with van der Waals surface area (Å²) in [7, 11) is 0. The first-order chi connectivity index (χ1) is 8.58. The number of hydrazine groups is 1. The van der Waals surface area contributed by atoms with Crippen LogP contribution < -0.4 is 16.6 Å². The third-order valence-electron chi connectivity index (χ3n) is 2.16. The summed E-state index contributed by atoms with van der Waals surface area (Å²) < 4.78 is 0. The second-order valence-electron chi connectivity index (χ2n) is 3.71. The number of halogens is 1. The van der Waals surface area contributed by atoms with E-state index in [0.29, 0.717) is 10.8 Å². The molecule has 0 radical (unpaired) electrons. The van der Waals surface area contributed by atoms with Crippen LogP contribution in [0, 0.1) is 0 Å². The average Bonchev–Trinajstić information content (AvgIpc) is 2.36. The van der Waals surface area contributed by atoms with Crippen LogP contribution in [0.1, 0.15) is 24.3 Å². The van der Waals surface area contributed by atoms with Gasteiger partial charge in [0.25, 0.3) is 5.91 Å². The quantitative estimate of drug-likeness (QED) is 0.550. The topological polar surface area (TPSA) is 80.0 Å². The number of rotatable bonds is 6. The molecular formula is C11H17ClN4OS. The van der Waals surface area contributed by atoms with Crippen LogP contribution in [0.2, 0.25) is 5.02 Å². The number of aromatic nitrogens is 1. The van der Waals surface area contributed by atoms with Crippen molar-refractivity contribution in [3.05, 3.63) is 22.8 Å². The molecule has 1 atom stereocenters. The Bertz CT molecular complexity index is 416. The molecule has 1 aromatic heterocycles. The first-order valence-corrected chi connectivity index (χ1v) is 7.13. The van der Waals surface area contributed by atoms with Crippen molar-refractivity contribution in [2.45, 2.75) is 19.9 Å². The number of hydrogen-bond acceptors (Lipinski definition) is 5. The van der Waals surface area contributed by atoms with Crippen LogP contribution in [0.5, 0.6) is 0 Å². The maximum Gasteiger partial charge on any atom is 0.271 e. The predicted octanol–water partition coefficient (Wildman–Crippen LogP) is 1.89. The van der Waals surface area contributed by atoms with Gasteiger partial charge in [-0.25, -0.2) is 10.8 Å². The van der Waals surface area contributed by atoms with Gasteiger partial charge in [-0.1, -0.05) is 18.5 Å². The summed E-state index contributed by atoms with van der Waals surface area (Å²) in [5.74, 6) is 7.23. The summed E-state index contributed by atoms with van der Waals surface area (Å²) in [4.78, 5) is 16.0. The van der Waals surface area contributed by atoms with E-state index in [9.17, 15) is 4.79 Å². The van der Waals surface area contributed by atoms with E-state index in [1.54, 1.807) is 23.9 Å². The summed E-state index contributed by atoms with van der Waals surface area (Å²) in [5.41, 5.74) is 2.56. The van der Waals surface area contributed by atoms with Crippen molar-refractivity contribution < 1.29 is 4.79 Å². The fourth-order valence-electron chi connectivity index (χ4n) is 1.31. The van der Waals surface area contributed by atoms with Crippen molar-refractivity contribution in [3.8, 4) is 0 Å². The van der Waals surface area contributed by atoms with Crippen LogP contribution >= 0.6 is 23.4 Å². The van der Waals surface area contributed by atoms with Crippen LogP contribution in [0.3, 0.4) is 0 Å². The fourth-order valence-corrected chi connectivity index (χ4v) is 2.17. The molecule has 0 saturated carbocycles. The molecule has 0 aliphatic carbocycles. The first-order valence-electron chi connectivity index (χ1n) is 5.60. The van der Waals surface area contributed by atoms with Crippen molar-refractivity contribution >= 4 is 35.1 Å². The van der Waals surface area contributed by atoms with Crippen LogP contribution in [-0.4, -0.2) is 28.4 Å². The number of pyridine rings is 1. The lowest BCUT2D eigenvalue weighted by Crippen LogP contribution is -2.35. The number of nitrogen functional groups attached to an aromatic ring is 1.